The van der Waals surface area contributed by atoms with E-state index in [2.05, 4.69) is 14.8 Å². The fraction of sp³-hybridized carbons (Fsp3) is 0.294. The molecule has 1 aromatic heterocycles. The van der Waals surface area contributed by atoms with Crippen molar-refractivity contribution in [2.24, 2.45) is 0 Å². The lowest BCUT2D eigenvalue weighted by Crippen LogP contribution is -2.46. The summed E-state index contributed by atoms with van der Waals surface area (Å²) in [6, 6.07) is 8.48. The van der Waals surface area contributed by atoms with Crippen LogP contribution in [0.5, 0.6) is 0 Å². The number of pyridine rings is 1. The van der Waals surface area contributed by atoms with Gasteiger partial charge in [-0.15, -0.1) is 0 Å². The summed E-state index contributed by atoms with van der Waals surface area (Å²) in [7, 11) is 0. The number of carboxylic acids is 1. The van der Waals surface area contributed by atoms with Gasteiger partial charge in [-0.3, -0.25) is 9.88 Å². The Bertz CT molecular complexity index is 682. The summed E-state index contributed by atoms with van der Waals surface area (Å²) < 4.78 is 13.2. The Hall–Kier alpha value is -2.47. The topological polar surface area (TPSA) is 56.7 Å². The minimum Gasteiger partial charge on any atom is -0.478 e. The zero-order valence-electron chi connectivity index (χ0n) is 12.7. The van der Waals surface area contributed by atoms with Crippen molar-refractivity contribution in [1.29, 1.82) is 0 Å². The average molecular weight is 315 g/mol. The van der Waals surface area contributed by atoms with E-state index >= 15 is 0 Å². The molecule has 23 heavy (non-hydrogen) atoms. The van der Waals surface area contributed by atoms with Crippen molar-refractivity contribution in [3.05, 3.63) is 59.7 Å². The number of hydrogen-bond donors (Lipinski definition) is 1. The van der Waals surface area contributed by atoms with E-state index < -0.39 is 5.97 Å². The Balaban J connectivity index is 1.55. The van der Waals surface area contributed by atoms with Gasteiger partial charge in [-0.1, -0.05) is 12.1 Å². The molecule has 2 aromatic rings. The van der Waals surface area contributed by atoms with Crippen molar-refractivity contribution in [2.45, 2.75) is 6.54 Å². The van der Waals surface area contributed by atoms with Crippen LogP contribution in [0.4, 0.5) is 10.1 Å². The summed E-state index contributed by atoms with van der Waals surface area (Å²) in [6.07, 6.45) is 2.89. The van der Waals surface area contributed by atoms with Gasteiger partial charge < -0.3 is 10.0 Å². The van der Waals surface area contributed by atoms with Gasteiger partial charge in [-0.05, 0) is 17.7 Å². The summed E-state index contributed by atoms with van der Waals surface area (Å²) >= 11 is 0. The summed E-state index contributed by atoms with van der Waals surface area (Å²) in [4.78, 5) is 19.2. The van der Waals surface area contributed by atoms with Crippen molar-refractivity contribution < 1.29 is 14.3 Å². The minimum absolute atomic E-state index is 0.303. The molecule has 1 aliphatic heterocycles. The van der Waals surface area contributed by atoms with E-state index in [9.17, 15) is 9.18 Å². The zero-order chi connectivity index (χ0) is 16.2. The lowest BCUT2D eigenvalue weighted by atomic mass is 10.1. The number of rotatable bonds is 4. The van der Waals surface area contributed by atoms with Crippen molar-refractivity contribution in [1.82, 2.24) is 9.88 Å². The lowest BCUT2D eigenvalue weighted by Gasteiger charge is -2.36. The third kappa shape index (κ3) is 3.84. The molecule has 0 spiro atoms. The number of aromatic carboxylic acids is 1. The van der Waals surface area contributed by atoms with Gasteiger partial charge in [0.25, 0.3) is 0 Å². The van der Waals surface area contributed by atoms with Gasteiger partial charge in [-0.25, -0.2) is 9.18 Å². The molecule has 0 amide bonds. The highest BCUT2D eigenvalue weighted by atomic mass is 19.1. The van der Waals surface area contributed by atoms with Crippen molar-refractivity contribution >= 4 is 11.7 Å². The second kappa shape index (κ2) is 6.75. The number of benzene rings is 1. The molecule has 1 aromatic carbocycles. The SMILES string of the molecule is O=C(O)c1ccc(CN2CCN(c3cncc(F)c3)CC2)cc1. The first-order valence-corrected chi connectivity index (χ1v) is 7.52. The van der Waals surface area contributed by atoms with Crippen LogP contribution < -0.4 is 4.90 Å². The fourth-order valence-electron chi connectivity index (χ4n) is 2.75. The van der Waals surface area contributed by atoms with Gasteiger partial charge in [-0.2, -0.15) is 0 Å². The van der Waals surface area contributed by atoms with Gasteiger partial charge in [0, 0.05) is 38.8 Å². The fourth-order valence-corrected chi connectivity index (χ4v) is 2.75. The molecule has 0 unspecified atom stereocenters. The molecule has 3 rings (SSSR count). The van der Waals surface area contributed by atoms with E-state index in [1.54, 1.807) is 18.3 Å². The van der Waals surface area contributed by atoms with Crippen LogP contribution in [0.25, 0.3) is 0 Å². The van der Waals surface area contributed by atoms with E-state index in [0.29, 0.717) is 5.56 Å². The normalized spacial score (nSPS) is 15.6. The largest absolute Gasteiger partial charge is 0.478 e. The van der Waals surface area contributed by atoms with Gasteiger partial charge in [0.2, 0.25) is 0 Å². The summed E-state index contributed by atoms with van der Waals surface area (Å²) in [5, 5.41) is 8.91. The molecular weight excluding hydrogens is 297 g/mol. The molecule has 5 nitrogen and oxygen atoms in total. The van der Waals surface area contributed by atoms with Crippen LogP contribution in [0.15, 0.2) is 42.7 Å². The monoisotopic (exact) mass is 315 g/mol. The molecule has 120 valence electrons. The maximum absolute atomic E-state index is 13.2. The first kappa shape index (κ1) is 15.4. The number of hydrogen-bond acceptors (Lipinski definition) is 4. The first-order valence-electron chi connectivity index (χ1n) is 7.52. The van der Waals surface area contributed by atoms with Crippen molar-refractivity contribution in [3.63, 3.8) is 0 Å². The van der Waals surface area contributed by atoms with Crippen LogP contribution in [0, 0.1) is 5.82 Å². The van der Waals surface area contributed by atoms with Gasteiger partial charge in [0.05, 0.1) is 23.6 Å². The molecule has 2 heterocycles. The Morgan fingerprint density at radius 2 is 1.83 bits per heavy atom. The van der Waals surface area contributed by atoms with Crippen LogP contribution in [-0.2, 0) is 6.54 Å². The second-order valence-electron chi connectivity index (χ2n) is 5.63. The molecule has 0 bridgehead atoms. The molecule has 0 radical (unpaired) electrons. The summed E-state index contributed by atoms with van der Waals surface area (Å²) in [5.41, 5.74) is 2.21. The van der Waals surface area contributed by atoms with Crippen molar-refractivity contribution in [3.8, 4) is 0 Å². The van der Waals surface area contributed by atoms with E-state index in [1.807, 2.05) is 12.1 Å². The van der Waals surface area contributed by atoms with Crippen LogP contribution in [0.3, 0.4) is 0 Å². The Morgan fingerprint density at radius 1 is 1.13 bits per heavy atom. The summed E-state index contributed by atoms with van der Waals surface area (Å²) in [5.74, 6) is -1.22. The molecule has 6 heteroatoms. The second-order valence-corrected chi connectivity index (χ2v) is 5.63. The number of carboxylic acid groups (broad SMARTS) is 1. The van der Waals surface area contributed by atoms with Crippen LogP contribution >= 0.6 is 0 Å². The maximum Gasteiger partial charge on any atom is 0.335 e. The van der Waals surface area contributed by atoms with Crippen LogP contribution in [0.1, 0.15) is 15.9 Å². The zero-order valence-corrected chi connectivity index (χ0v) is 12.7. The molecule has 1 N–H and O–H groups in total. The van der Waals surface area contributed by atoms with Crippen LogP contribution in [0.2, 0.25) is 0 Å². The number of anilines is 1. The highest BCUT2D eigenvalue weighted by Crippen LogP contribution is 2.17. The van der Waals surface area contributed by atoms with Crippen LogP contribution in [-0.4, -0.2) is 47.1 Å². The van der Waals surface area contributed by atoms with Gasteiger partial charge >= 0.3 is 5.97 Å². The lowest BCUT2D eigenvalue weighted by molar-refractivity contribution is 0.0697. The van der Waals surface area contributed by atoms with E-state index in [0.717, 1.165) is 44.0 Å². The molecule has 1 fully saturated rings. The van der Waals surface area contributed by atoms with E-state index in [-0.39, 0.29) is 5.82 Å². The quantitative estimate of drug-likeness (QED) is 0.938. The minimum atomic E-state index is -0.908. The molecule has 0 atom stereocenters. The van der Waals surface area contributed by atoms with Gasteiger partial charge in [0.1, 0.15) is 5.82 Å². The van der Waals surface area contributed by atoms with Gasteiger partial charge in [0.15, 0.2) is 0 Å². The standard InChI is InChI=1S/C17H18FN3O2/c18-15-9-16(11-19-10-15)21-7-5-20(6-8-21)12-13-1-3-14(4-2-13)17(22)23/h1-4,9-11H,5-8,12H2,(H,22,23). The molecule has 1 saturated heterocycles. The number of halogens is 1. The third-order valence-corrected chi connectivity index (χ3v) is 4.03. The Morgan fingerprint density at radius 3 is 2.43 bits per heavy atom. The van der Waals surface area contributed by atoms with Crippen molar-refractivity contribution in [2.75, 3.05) is 31.1 Å². The molecule has 0 aliphatic carbocycles. The number of piperazine rings is 1. The predicted octanol–water partition coefficient (Wildman–Crippen LogP) is 2.24. The highest BCUT2D eigenvalue weighted by Gasteiger charge is 2.18. The Labute approximate surface area is 134 Å². The van der Waals surface area contributed by atoms with E-state index in [4.69, 9.17) is 5.11 Å². The number of nitrogens with zero attached hydrogens (tertiary/aromatic N) is 3. The molecular formula is C17H18FN3O2. The highest BCUT2D eigenvalue weighted by molar-refractivity contribution is 5.87. The number of carbonyl (C=O) groups is 1. The smallest absolute Gasteiger partial charge is 0.335 e. The Kier molecular flexibility index (Phi) is 4.52. The third-order valence-electron chi connectivity index (χ3n) is 4.03. The molecule has 1 aliphatic rings. The number of aromatic nitrogens is 1. The average Bonchev–Trinajstić information content (AvgIpc) is 2.56. The summed E-state index contributed by atoms with van der Waals surface area (Å²) in [6.45, 7) is 4.17. The maximum atomic E-state index is 13.2. The molecule has 0 saturated carbocycles. The predicted molar refractivity (Wildman–Crippen MR) is 85.1 cm³/mol. The van der Waals surface area contributed by atoms with E-state index in [1.165, 1.54) is 12.3 Å². The first-order chi connectivity index (χ1) is 11.1.